The monoisotopic (exact) mass is 321 g/mol. The summed E-state index contributed by atoms with van der Waals surface area (Å²) in [5, 5.41) is 8.20. The summed E-state index contributed by atoms with van der Waals surface area (Å²) in [5.74, 6) is 1.06. The Balaban J connectivity index is 1.58. The van der Waals surface area contributed by atoms with Gasteiger partial charge in [-0.05, 0) is 30.7 Å². The number of hydrogen-bond acceptors (Lipinski definition) is 4. The van der Waals surface area contributed by atoms with Gasteiger partial charge < -0.3 is 25.4 Å². The minimum absolute atomic E-state index is 0.0679. The largest absolute Gasteiger partial charge is 0.497 e. The molecule has 0 aromatic heterocycles. The van der Waals surface area contributed by atoms with Crippen LogP contribution in [-0.2, 0) is 9.53 Å². The van der Waals surface area contributed by atoms with E-state index in [1.165, 1.54) is 0 Å². The van der Waals surface area contributed by atoms with Gasteiger partial charge in [-0.25, -0.2) is 4.79 Å². The predicted octanol–water partition coefficient (Wildman–Crippen LogP) is 1.36. The van der Waals surface area contributed by atoms with E-state index >= 15 is 0 Å². The molecule has 1 aromatic rings. The van der Waals surface area contributed by atoms with Crippen molar-refractivity contribution in [2.45, 2.75) is 12.8 Å². The number of nitrogens with one attached hydrogen (secondary N) is 3. The van der Waals surface area contributed by atoms with Gasteiger partial charge in [0.15, 0.2) is 0 Å². The number of ether oxygens (including phenoxy) is 2. The SMILES string of the molecule is COc1ccc(NC(=O)NCCC(=O)NC[C@H]2CCOC2)cc1. The molecule has 1 atom stereocenters. The van der Waals surface area contributed by atoms with Gasteiger partial charge in [0.05, 0.1) is 13.7 Å². The lowest BCUT2D eigenvalue weighted by molar-refractivity contribution is -0.121. The Kier molecular flexibility index (Phi) is 6.68. The Bertz CT molecular complexity index is 513. The summed E-state index contributed by atoms with van der Waals surface area (Å²) in [6, 6.07) is 6.67. The minimum atomic E-state index is -0.341. The van der Waals surface area contributed by atoms with Crippen LogP contribution < -0.4 is 20.7 Å². The van der Waals surface area contributed by atoms with Gasteiger partial charge in [0, 0.05) is 37.7 Å². The smallest absolute Gasteiger partial charge is 0.319 e. The highest BCUT2D eigenvalue weighted by Gasteiger charge is 2.16. The second kappa shape index (κ2) is 8.99. The highest BCUT2D eigenvalue weighted by molar-refractivity contribution is 5.89. The molecule has 7 heteroatoms. The molecule has 0 saturated carbocycles. The minimum Gasteiger partial charge on any atom is -0.497 e. The van der Waals surface area contributed by atoms with Crippen LogP contribution in [0.15, 0.2) is 24.3 Å². The van der Waals surface area contributed by atoms with E-state index < -0.39 is 0 Å². The number of benzene rings is 1. The number of methoxy groups -OCH3 is 1. The maximum Gasteiger partial charge on any atom is 0.319 e. The summed E-state index contributed by atoms with van der Waals surface area (Å²) in [6.07, 6.45) is 1.24. The van der Waals surface area contributed by atoms with Crippen molar-refractivity contribution in [3.63, 3.8) is 0 Å². The normalized spacial score (nSPS) is 16.7. The number of hydrogen-bond donors (Lipinski definition) is 3. The van der Waals surface area contributed by atoms with Crippen LogP contribution in [0.2, 0.25) is 0 Å². The first kappa shape index (κ1) is 17.1. The molecule has 126 valence electrons. The van der Waals surface area contributed by atoms with Gasteiger partial charge in [0.25, 0.3) is 0 Å². The third-order valence-electron chi connectivity index (χ3n) is 3.60. The van der Waals surface area contributed by atoms with Crippen LogP contribution in [0.5, 0.6) is 5.75 Å². The number of rotatable bonds is 7. The highest BCUT2D eigenvalue weighted by Crippen LogP contribution is 2.14. The van der Waals surface area contributed by atoms with Crippen molar-refractivity contribution >= 4 is 17.6 Å². The molecule has 0 unspecified atom stereocenters. The van der Waals surface area contributed by atoms with Crippen molar-refractivity contribution in [3.05, 3.63) is 24.3 Å². The molecular formula is C16H23N3O4. The molecule has 0 bridgehead atoms. The molecule has 0 radical (unpaired) electrons. The van der Waals surface area contributed by atoms with E-state index in [-0.39, 0.29) is 24.9 Å². The predicted molar refractivity (Wildman–Crippen MR) is 86.6 cm³/mol. The maximum atomic E-state index is 11.7. The number of urea groups is 1. The van der Waals surface area contributed by atoms with Crippen LogP contribution in [0, 0.1) is 5.92 Å². The van der Waals surface area contributed by atoms with Crippen molar-refractivity contribution in [2.24, 2.45) is 5.92 Å². The van der Waals surface area contributed by atoms with Crippen LogP contribution in [0.4, 0.5) is 10.5 Å². The Labute approximate surface area is 135 Å². The van der Waals surface area contributed by atoms with Crippen LogP contribution in [0.25, 0.3) is 0 Å². The first-order valence-corrected chi connectivity index (χ1v) is 7.70. The van der Waals surface area contributed by atoms with E-state index in [2.05, 4.69) is 16.0 Å². The Hall–Kier alpha value is -2.28. The highest BCUT2D eigenvalue weighted by atomic mass is 16.5. The van der Waals surface area contributed by atoms with Crippen LogP contribution >= 0.6 is 0 Å². The van der Waals surface area contributed by atoms with E-state index in [9.17, 15) is 9.59 Å². The zero-order chi connectivity index (χ0) is 16.5. The molecule has 1 aliphatic heterocycles. The summed E-state index contributed by atoms with van der Waals surface area (Å²) < 4.78 is 10.3. The van der Waals surface area contributed by atoms with E-state index in [1.54, 1.807) is 31.4 Å². The molecule has 1 heterocycles. The lowest BCUT2D eigenvalue weighted by Gasteiger charge is -2.10. The first-order valence-electron chi connectivity index (χ1n) is 7.70. The standard InChI is InChI=1S/C16H23N3O4/c1-22-14-4-2-13(3-5-14)19-16(21)17-8-6-15(20)18-10-12-7-9-23-11-12/h2-5,12H,6-11H2,1H3,(H,18,20)(H2,17,19,21)/t12-/m1/s1. The molecule has 1 aromatic carbocycles. The van der Waals surface area contributed by atoms with Gasteiger partial charge in [-0.1, -0.05) is 0 Å². The quantitative estimate of drug-likeness (QED) is 0.707. The van der Waals surface area contributed by atoms with Crippen LogP contribution in [0.3, 0.4) is 0 Å². The summed E-state index contributed by atoms with van der Waals surface area (Å²) in [4.78, 5) is 23.4. The van der Waals surface area contributed by atoms with Gasteiger partial charge in [0.2, 0.25) is 5.91 Å². The number of anilines is 1. The molecular weight excluding hydrogens is 298 g/mol. The Morgan fingerprint density at radius 3 is 2.70 bits per heavy atom. The lowest BCUT2D eigenvalue weighted by Crippen LogP contribution is -2.35. The van der Waals surface area contributed by atoms with Crippen LogP contribution in [-0.4, -0.2) is 45.4 Å². The van der Waals surface area contributed by atoms with E-state index in [0.29, 0.717) is 24.8 Å². The van der Waals surface area contributed by atoms with Crippen molar-refractivity contribution < 1.29 is 19.1 Å². The van der Waals surface area contributed by atoms with E-state index in [0.717, 1.165) is 18.8 Å². The van der Waals surface area contributed by atoms with Gasteiger partial charge in [-0.15, -0.1) is 0 Å². The fourth-order valence-electron chi connectivity index (χ4n) is 2.23. The lowest BCUT2D eigenvalue weighted by atomic mass is 10.1. The third kappa shape index (κ3) is 6.15. The number of amides is 3. The molecule has 3 N–H and O–H groups in total. The second-order valence-electron chi connectivity index (χ2n) is 5.39. The average Bonchev–Trinajstić information content (AvgIpc) is 3.07. The van der Waals surface area contributed by atoms with Gasteiger partial charge >= 0.3 is 6.03 Å². The Morgan fingerprint density at radius 1 is 1.26 bits per heavy atom. The summed E-state index contributed by atoms with van der Waals surface area (Å²) in [5.41, 5.74) is 0.661. The van der Waals surface area contributed by atoms with E-state index in [4.69, 9.17) is 9.47 Å². The van der Waals surface area contributed by atoms with Gasteiger partial charge in [0.1, 0.15) is 5.75 Å². The molecule has 1 saturated heterocycles. The topological polar surface area (TPSA) is 88.7 Å². The molecule has 2 rings (SSSR count). The van der Waals surface area contributed by atoms with Gasteiger partial charge in [-0.2, -0.15) is 0 Å². The zero-order valence-corrected chi connectivity index (χ0v) is 13.3. The summed E-state index contributed by atoms with van der Waals surface area (Å²) >= 11 is 0. The van der Waals surface area contributed by atoms with Crippen molar-refractivity contribution in [2.75, 3.05) is 38.7 Å². The molecule has 1 fully saturated rings. The summed E-state index contributed by atoms with van der Waals surface area (Å²) in [7, 11) is 1.58. The van der Waals surface area contributed by atoms with Gasteiger partial charge in [-0.3, -0.25) is 4.79 Å². The van der Waals surface area contributed by atoms with Crippen LogP contribution in [0.1, 0.15) is 12.8 Å². The van der Waals surface area contributed by atoms with Crippen molar-refractivity contribution in [1.29, 1.82) is 0 Å². The first-order chi connectivity index (χ1) is 11.2. The van der Waals surface area contributed by atoms with E-state index in [1.807, 2.05) is 0 Å². The zero-order valence-electron chi connectivity index (χ0n) is 13.3. The molecule has 0 spiro atoms. The fraction of sp³-hybridized carbons (Fsp3) is 0.500. The van der Waals surface area contributed by atoms with Crippen molar-refractivity contribution in [3.8, 4) is 5.75 Å². The Morgan fingerprint density at radius 2 is 2.04 bits per heavy atom. The summed E-state index contributed by atoms with van der Waals surface area (Å²) in [6.45, 7) is 2.41. The fourth-order valence-corrected chi connectivity index (χ4v) is 2.23. The molecule has 3 amide bonds. The average molecular weight is 321 g/mol. The number of carbonyl (C=O) groups excluding carboxylic acids is 2. The molecule has 1 aliphatic rings. The molecule has 7 nitrogen and oxygen atoms in total. The van der Waals surface area contributed by atoms with Crippen molar-refractivity contribution in [1.82, 2.24) is 10.6 Å². The molecule has 23 heavy (non-hydrogen) atoms. The third-order valence-corrected chi connectivity index (χ3v) is 3.60. The molecule has 0 aliphatic carbocycles. The number of carbonyl (C=O) groups is 2. The maximum absolute atomic E-state index is 11.7. The second-order valence-corrected chi connectivity index (χ2v) is 5.39.